The van der Waals surface area contributed by atoms with Crippen molar-refractivity contribution >= 4 is 80.6 Å². The van der Waals surface area contributed by atoms with Crippen molar-refractivity contribution in [3.63, 3.8) is 0 Å². The molecule has 0 saturated carbocycles. The van der Waals surface area contributed by atoms with Gasteiger partial charge in [0.1, 0.15) is 5.65 Å². The van der Waals surface area contributed by atoms with E-state index in [1.165, 1.54) is 74.9 Å². The zero-order chi connectivity index (χ0) is 28.8. The van der Waals surface area contributed by atoms with Crippen molar-refractivity contribution in [2.24, 2.45) is 0 Å². The minimum Gasteiger partial charge on any atom is -0.292 e. The molecule has 0 unspecified atom stereocenters. The predicted molar refractivity (Wildman–Crippen MR) is 189 cm³/mol. The second-order valence-corrected chi connectivity index (χ2v) is 12.6. The van der Waals surface area contributed by atoms with Crippen LogP contribution in [0.3, 0.4) is 0 Å². The molecule has 44 heavy (non-hydrogen) atoms. The van der Waals surface area contributed by atoms with E-state index in [-0.39, 0.29) is 0 Å². The molecule has 10 rings (SSSR count). The highest BCUT2D eigenvalue weighted by Crippen LogP contribution is 2.41. The van der Waals surface area contributed by atoms with E-state index in [9.17, 15) is 0 Å². The van der Waals surface area contributed by atoms with Crippen molar-refractivity contribution in [3.05, 3.63) is 146 Å². The van der Waals surface area contributed by atoms with Crippen molar-refractivity contribution in [2.75, 3.05) is 0 Å². The molecule has 2 nitrogen and oxygen atoms in total. The standard InChI is InChI=1S/C41H24N2S/c1-2-10-27-23-35-34(22-26(27)9-1)31-20-19-28(24-38(31)43-37-17-5-4-16-36(37)42-41(35)43)25-11-7-12-29(21-25)30-14-8-15-33-32-13-3-6-18-39(32)44-40(30)33/h1-24H. The first-order valence-electron chi connectivity index (χ1n) is 15.0. The third-order valence-corrected chi connectivity index (χ3v) is 10.3. The Labute approximate surface area is 257 Å². The summed E-state index contributed by atoms with van der Waals surface area (Å²) in [4.78, 5) is 5.17. The number of thiophene rings is 1. The maximum Gasteiger partial charge on any atom is 0.146 e. The Bertz CT molecular complexity index is 2780. The lowest BCUT2D eigenvalue weighted by molar-refractivity contribution is 1.32. The maximum atomic E-state index is 5.17. The number of benzene rings is 7. The van der Waals surface area contributed by atoms with Gasteiger partial charge in [0, 0.05) is 30.9 Å². The molecule has 7 aromatic carbocycles. The summed E-state index contributed by atoms with van der Waals surface area (Å²) in [6, 6.07) is 53.1. The molecule has 0 saturated heterocycles. The molecule has 0 aliphatic heterocycles. The second kappa shape index (κ2) is 9.00. The largest absolute Gasteiger partial charge is 0.292 e. The number of para-hydroxylation sites is 2. The summed E-state index contributed by atoms with van der Waals surface area (Å²) in [6.07, 6.45) is 0. The molecular weight excluding hydrogens is 553 g/mol. The van der Waals surface area contributed by atoms with Crippen LogP contribution in [0.2, 0.25) is 0 Å². The van der Waals surface area contributed by atoms with E-state index in [0.717, 1.165) is 16.7 Å². The van der Waals surface area contributed by atoms with Crippen LogP contribution in [0.5, 0.6) is 0 Å². The van der Waals surface area contributed by atoms with Gasteiger partial charge in [0.05, 0.1) is 16.6 Å². The lowest BCUT2D eigenvalue weighted by Gasteiger charge is -2.13. The number of hydrogen-bond donors (Lipinski definition) is 0. The Morgan fingerprint density at radius 2 is 1.18 bits per heavy atom. The first kappa shape index (κ1) is 24.0. The van der Waals surface area contributed by atoms with E-state index in [1.54, 1.807) is 0 Å². The van der Waals surface area contributed by atoms with Crippen molar-refractivity contribution < 1.29 is 0 Å². The van der Waals surface area contributed by atoms with Gasteiger partial charge < -0.3 is 0 Å². The smallest absolute Gasteiger partial charge is 0.146 e. The molecule has 0 aliphatic rings. The van der Waals surface area contributed by atoms with Crippen LogP contribution < -0.4 is 0 Å². The molecular formula is C41H24N2S. The fraction of sp³-hybridized carbons (Fsp3) is 0. The zero-order valence-electron chi connectivity index (χ0n) is 23.7. The average molecular weight is 577 g/mol. The summed E-state index contributed by atoms with van der Waals surface area (Å²) in [5.74, 6) is 0. The highest BCUT2D eigenvalue weighted by atomic mass is 32.1. The van der Waals surface area contributed by atoms with Gasteiger partial charge in [-0.1, -0.05) is 103 Å². The lowest BCUT2D eigenvalue weighted by Crippen LogP contribution is -1.93. The van der Waals surface area contributed by atoms with Gasteiger partial charge in [0.15, 0.2) is 0 Å². The molecule has 3 aromatic heterocycles. The number of nitrogens with zero attached hydrogens (tertiary/aromatic N) is 2. The molecule has 3 heteroatoms. The van der Waals surface area contributed by atoms with Crippen LogP contribution in [0.15, 0.2) is 146 Å². The van der Waals surface area contributed by atoms with Gasteiger partial charge in [-0.15, -0.1) is 11.3 Å². The Balaban J connectivity index is 1.23. The molecule has 0 aliphatic carbocycles. The van der Waals surface area contributed by atoms with Gasteiger partial charge in [0.25, 0.3) is 0 Å². The van der Waals surface area contributed by atoms with Crippen LogP contribution in [0.4, 0.5) is 0 Å². The van der Waals surface area contributed by atoms with E-state index in [2.05, 4.69) is 150 Å². The van der Waals surface area contributed by atoms with E-state index in [4.69, 9.17) is 4.98 Å². The molecule has 0 spiro atoms. The normalized spacial score (nSPS) is 12.1. The molecule has 0 amide bonds. The molecule has 0 bridgehead atoms. The molecule has 3 heterocycles. The Hall–Kier alpha value is -5.51. The van der Waals surface area contributed by atoms with Crippen LogP contribution in [0.1, 0.15) is 0 Å². The fourth-order valence-electron chi connectivity index (χ4n) is 7.06. The highest BCUT2D eigenvalue weighted by Gasteiger charge is 2.16. The van der Waals surface area contributed by atoms with Gasteiger partial charge >= 0.3 is 0 Å². The van der Waals surface area contributed by atoms with Gasteiger partial charge in [0.2, 0.25) is 0 Å². The molecule has 0 radical (unpaired) electrons. The minimum atomic E-state index is 1.00. The van der Waals surface area contributed by atoms with E-state index < -0.39 is 0 Å². The van der Waals surface area contributed by atoms with Gasteiger partial charge in [-0.3, -0.25) is 4.40 Å². The number of rotatable bonds is 2. The lowest BCUT2D eigenvalue weighted by atomic mass is 9.96. The summed E-state index contributed by atoms with van der Waals surface area (Å²) < 4.78 is 5.03. The minimum absolute atomic E-state index is 1.00. The van der Waals surface area contributed by atoms with Gasteiger partial charge in [-0.05, 0) is 80.9 Å². The van der Waals surface area contributed by atoms with Crippen molar-refractivity contribution in [3.8, 4) is 22.3 Å². The molecule has 204 valence electrons. The van der Waals surface area contributed by atoms with Crippen LogP contribution in [-0.2, 0) is 0 Å². The van der Waals surface area contributed by atoms with Crippen LogP contribution in [0, 0.1) is 0 Å². The topological polar surface area (TPSA) is 17.3 Å². The Morgan fingerprint density at radius 1 is 0.455 bits per heavy atom. The van der Waals surface area contributed by atoms with E-state index in [1.807, 2.05) is 11.3 Å². The monoisotopic (exact) mass is 576 g/mol. The summed E-state index contributed by atoms with van der Waals surface area (Å²) in [6.45, 7) is 0. The maximum absolute atomic E-state index is 5.17. The number of hydrogen-bond acceptors (Lipinski definition) is 2. The second-order valence-electron chi connectivity index (χ2n) is 11.6. The summed E-state index contributed by atoms with van der Waals surface area (Å²) in [7, 11) is 0. The highest BCUT2D eigenvalue weighted by molar-refractivity contribution is 7.26. The number of imidazole rings is 1. The van der Waals surface area contributed by atoms with Crippen molar-refractivity contribution in [1.29, 1.82) is 0 Å². The quantitative estimate of drug-likeness (QED) is 0.148. The Kier molecular flexibility index (Phi) is 4.90. The van der Waals surface area contributed by atoms with Crippen molar-refractivity contribution in [1.82, 2.24) is 9.38 Å². The SMILES string of the molecule is c1cc(-c2ccc3c4cc5ccccc5cc4c4nc5ccccc5n4c3c2)cc(-c2cccc3c2sc2ccccc23)c1. The van der Waals surface area contributed by atoms with Crippen LogP contribution in [-0.4, -0.2) is 9.38 Å². The fourth-order valence-corrected chi connectivity index (χ4v) is 8.30. The van der Waals surface area contributed by atoms with Crippen LogP contribution in [0.25, 0.3) is 91.6 Å². The van der Waals surface area contributed by atoms with E-state index in [0.29, 0.717) is 0 Å². The van der Waals surface area contributed by atoms with Crippen LogP contribution >= 0.6 is 11.3 Å². The third-order valence-electron chi connectivity index (χ3n) is 9.13. The third kappa shape index (κ3) is 3.39. The summed E-state index contributed by atoms with van der Waals surface area (Å²) in [5.41, 5.74) is 9.24. The number of pyridine rings is 1. The Morgan fingerprint density at radius 3 is 2.11 bits per heavy atom. The van der Waals surface area contributed by atoms with Gasteiger partial charge in [-0.25, -0.2) is 4.98 Å². The molecule has 0 N–H and O–H groups in total. The molecule has 10 aromatic rings. The first-order valence-corrected chi connectivity index (χ1v) is 15.8. The summed E-state index contributed by atoms with van der Waals surface area (Å²) >= 11 is 1.88. The van der Waals surface area contributed by atoms with E-state index >= 15 is 0 Å². The average Bonchev–Trinajstić information content (AvgIpc) is 3.67. The van der Waals surface area contributed by atoms with Gasteiger partial charge in [-0.2, -0.15) is 0 Å². The number of fused-ring (bicyclic) bond motifs is 12. The summed E-state index contributed by atoms with van der Waals surface area (Å²) in [5, 5.41) is 8.78. The first-order chi connectivity index (χ1) is 21.8. The predicted octanol–water partition coefficient (Wildman–Crippen LogP) is 11.6. The molecule has 0 fully saturated rings. The zero-order valence-corrected chi connectivity index (χ0v) is 24.5. The van der Waals surface area contributed by atoms with Crippen molar-refractivity contribution in [2.45, 2.75) is 0 Å². The number of aromatic nitrogens is 2. The molecule has 0 atom stereocenters.